The lowest BCUT2D eigenvalue weighted by molar-refractivity contribution is -0.127. The standard InChI is InChI=1S/C18H27BrN2O3S/c1-13(2)14(3)20-18(22)16-8-10-21(11-9-16)25(23,24)12-15-4-6-17(19)7-5-15/h4-7,13-14,16H,8-12H2,1-3H3,(H,20,22)/t14-/m1/s1. The van der Waals surface area contributed by atoms with Gasteiger partial charge in [-0.3, -0.25) is 4.79 Å². The summed E-state index contributed by atoms with van der Waals surface area (Å²) < 4.78 is 27.6. The average molecular weight is 431 g/mol. The second kappa shape index (κ2) is 8.64. The van der Waals surface area contributed by atoms with Gasteiger partial charge in [0.1, 0.15) is 0 Å². The van der Waals surface area contributed by atoms with E-state index in [1.165, 1.54) is 4.31 Å². The van der Waals surface area contributed by atoms with Crippen LogP contribution in [0.15, 0.2) is 28.7 Å². The quantitative estimate of drug-likeness (QED) is 0.753. The summed E-state index contributed by atoms with van der Waals surface area (Å²) in [6.45, 7) is 6.96. The average Bonchev–Trinajstić information content (AvgIpc) is 2.56. The van der Waals surface area contributed by atoms with Gasteiger partial charge in [0.15, 0.2) is 0 Å². The predicted molar refractivity (Wildman–Crippen MR) is 104 cm³/mol. The summed E-state index contributed by atoms with van der Waals surface area (Å²) >= 11 is 3.35. The molecule has 0 saturated carbocycles. The lowest BCUT2D eigenvalue weighted by Gasteiger charge is -2.31. The van der Waals surface area contributed by atoms with Gasteiger partial charge in [-0.2, -0.15) is 0 Å². The van der Waals surface area contributed by atoms with Gasteiger partial charge in [-0.15, -0.1) is 0 Å². The summed E-state index contributed by atoms with van der Waals surface area (Å²) in [5.74, 6) is 0.337. The van der Waals surface area contributed by atoms with Gasteiger partial charge in [-0.25, -0.2) is 12.7 Å². The minimum absolute atomic E-state index is 0.00151. The number of piperidine rings is 1. The molecule has 0 aromatic heterocycles. The topological polar surface area (TPSA) is 66.5 Å². The lowest BCUT2D eigenvalue weighted by Crippen LogP contribution is -2.46. The van der Waals surface area contributed by atoms with Crippen molar-refractivity contribution in [2.75, 3.05) is 13.1 Å². The molecule has 5 nitrogen and oxygen atoms in total. The molecule has 1 amide bonds. The molecular weight excluding hydrogens is 404 g/mol. The van der Waals surface area contributed by atoms with E-state index < -0.39 is 10.0 Å². The third kappa shape index (κ3) is 5.79. The van der Waals surface area contributed by atoms with E-state index in [1.54, 1.807) is 0 Å². The number of halogens is 1. The van der Waals surface area contributed by atoms with E-state index in [-0.39, 0.29) is 23.6 Å². The van der Waals surface area contributed by atoms with Crippen LogP contribution in [-0.4, -0.2) is 37.8 Å². The number of hydrogen-bond acceptors (Lipinski definition) is 3. The summed E-state index contributed by atoms with van der Waals surface area (Å²) in [4.78, 5) is 12.3. The van der Waals surface area contributed by atoms with Crippen LogP contribution < -0.4 is 5.32 Å². The largest absolute Gasteiger partial charge is 0.353 e. The number of hydrogen-bond donors (Lipinski definition) is 1. The minimum atomic E-state index is -3.35. The van der Waals surface area contributed by atoms with Crippen LogP contribution in [0.2, 0.25) is 0 Å². The number of nitrogens with zero attached hydrogens (tertiary/aromatic N) is 1. The normalized spacial score (nSPS) is 18.3. The van der Waals surface area contributed by atoms with Crippen LogP contribution in [0.25, 0.3) is 0 Å². The second-order valence-corrected chi connectivity index (χ2v) is 9.98. The zero-order valence-corrected chi connectivity index (χ0v) is 17.4. The van der Waals surface area contributed by atoms with Crippen molar-refractivity contribution >= 4 is 31.9 Å². The van der Waals surface area contributed by atoms with Crippen molar-refractivity contribution in [3.8, 4) is 0 Å². The van der Waals surface area contributed by atoms with Crippen LogP contribution in [0.5, 0.6) is 0 Å². The molecule has 2 rings (SSSR count). The maximum absolute atomic E-state index is 12.6. The molecule has 0 aliphatic carbocycles. The molecule has 25 heavy (non-hydrogen) atoms. The van der Waals surface area contributed by atoms with Gasteiger partial charge in [-0.05, 0) is 43.4 Å². The molecule has 1 atom stereocenters. The van der Waals surface area contributed by atoms with Crippen molar-refractivity contribution in [2.24, 2.45) is 11.8 Å². The SMILES string of the molecule is CC(C)[C@@H](C)NC(=O)C1CCN(S(=O)(=O)Cc2ccc(Br)cc2)CC1. The molecule has 0 spiro atoms. The highest BCUT2D eigenvalue weighted by Gasteiger charge is 2.31. The number of rotatable bonds is 6. The molecule has 1 saturated heterocycles. The molecule has 0 unspecified atom stereocenters. The third-order valence-corrected chi connectivity index (χ3v) is 7.23. The molecule has 1 aromatic rings. The van der Waals surface area contributed by atoms with Gasteiger partial charge in [0.2, 0.25) is 15.9 Å². The van der Waals surface area contributed by atoms with Crippen molar-refractivity contribution in [2.45, 2.75) is 45.4 Å². The van der Waals surface area contributed by atoms with Gasteiger partial charge in [0, 0.05) is 29.5 Å². The monoisotopic (exact) mass is 430 g/mol. The van der Waals surface area contributed by atoms with Crippen molar-refractivity contribution in [1.82, 2.24) is 9.62 Å². The van der Waals surface area contributed by atoms with Gasteiger partial charge in [-0.1, -0.05) is 41.9 Å². The fraction of sp³-hybridized carbons (Fsp3) is 0.611. The van der Waals surface area contributed by atoms with Crippen molar-refractivity contribution < 1.29 is 13.2 Å². The summed E-state index contributed by atoms with van der Waals surface area (Å²) in [6, 6.07) is 7.45. The second-order valence-electron chi connectivity index (χ2n) is 7.10. The number of benzene rings is 1. The first-order chi connectivity index (χ1) is 11.7. The lowest BCUT2D eigenvalue weighted by atomic mass is 9.96. The molecule has 1 N–H and O–H groups in total. The van der Waals surface area contributed by atoms with Crippen molar-refractivity contribution in [1.29, 1.82) is 0 Å². The van der Waals surface area contributed by atoms with Gasteiger partial charge >= 0.3 is 0 Å². The summed E-state index contributed by atoms with van der Waals surface area (Å²) in [5.41, 5.74) is 0.772. The number of sulfonamides is 1. The Kier molecular flexibility index (Phi) is 7.05. The fourth-order valence-electron chi connectivity index (χ4n) is 2.79. The van der Waals surface area contributed by atoms with Gasteiger partial charge in [0.05, 0.1) is 5.75 Å². The van der Waals surface area contributed by atoms with E-state index in [2.05, 4.69) is 35.1 Å². The van der Waals surface area contributed by atoms with Crippen LogP contribution in [0, 0.1) is 11.8 Å². The molecule has 1 aromatic carbocycles. The summed E-state index contributed by atoms with van der Waals surface area (Å²) in [5, 5.41) is 3.04. The first-order valence-electron chi connectivity index (χ1n) is 8.71. The molecule has 1 aliphatic rings. The van der Waals surface area contributed by atoms with Crippen LogP contribution in [-0.2, 0) is 20.6 Å². The Morgan fingerprint density at radius 2 is 1.76 bits per heavy atom. The highest BCUT2D eigenvalue weighted by molar-refractivity contribution is 9.10. The van der Waals surface area contributed by atoms with Crippen molar-refractivity contribution in [3.05, 3.63) is 34.3 Å². The van der Waals surface area contributed by atoms with Crippen LogP contribution in [0.4, 0.5) is 0 Å². The zero-order chi connectivity index (χ0) is 18.6. The van der Waals surface area contributed by atoms with Crippen LogP contribution in [0.3, 0.4) is 0 Å². The summed E-state index contributed by atoms with van der Waals surface area (Å²) in [7, 11) is -3.35. The van der Waals surface area contributed by atoms with Gasteiger partial charge < -0.3 is 5.32 Å². The minimum Gasteiger partial charge on any atom is -0.353 e. The van der Waals surface area contributed by atoms with Crippen LogP contribution in [0.1, 0.15) is 39.2 Å². The van der Waals surface area contributed by atoms with E-state index in [9.17, 15) is 13.2 Å². The first kappa shape index (κ1) is 20.4. The Morgan fingerprint density at radius 3 is 2.28 bits per heavy atom. The van der Waals surface area contributed by atoms with E-state index >= 15 is 0 Å². The number of nitrogens with one attached hydrogen (secondary N) is 1. The molecule has 140 valence electrons. The number of carbonyl (C=O) groups excluding carboxylic acids is 1. The number of amides is 1. The molecule has 1 heterocycles. The Balaban J connectivity index is 1.90. The Bertz CT molecular complexity index is 681. The highest BCUT2D eigenvalue weighted by atomic mass is 79.9. The molecule has 1 fully saturated rings. The van der Waals surface area contributed by atoms with E-state index in [0.717, 1.165) is 10.0 Å². The molecule has 7 heteroatoms. The van der Waals surface area contributed by atoms with E-state index in [1.807, 2.05) is 31.2 Å². The van der Waals surface area contributed by atoms with E-state index in [0.29, 0.717) is 31.8 Å². The van der Waals surface area contributed by atoms with Gasteiger partial charge in [0.25, 0.3) is 0 Å². The molecule has 0 bridgehead atoms. The summed E-state index contributed by atoms with van der Waals surface area (Å²) in [6.07, 6.45) is 1.16. The highest BCUT2D eigenvalue weighted by Crippen LogP contribution is 2.22. The zero-order valence-electron chi connectivity index (χ0n) is 15.0. The first-order valence-corrected chi connectivity index (χ1v) is 11.1. The van der Waals surface area contributed by atoms with Crippen LogP contribution >= 0.6 is 15.9 Å². The smallest absolute Gasteiger partial charge is 0.223 e. The Hall–Kier alpha value is -0.920. The van der Waals surface area contributed by atoms with E-state index in [4.69, 9.17) is 0 Å². The molecule has 0 radical (unpaired) electrons. The molecular formula is C18H27BrN2O3S. The fourth-order valence-corrected chi connectivity index (χ4v) is 4.62. The molecule has 1 aliphatic heterocycles. The maximum Gasteiger partial charge on any atom is 0.223 e. The third-order valence-electron chi connectivity index (χ3n) is 4.85. The maximum atomic E-state index is 12.6. The Morgan fingerprint density at radius 1 is 1.20 bits per heavy atom. The Labute approximate surface area is 159 Å². The number of carbonyl (C=O) groups is 1. The van der Waals surface area contributed by atoms with Crippen molar-refractivity contribution in [3.63, 3.8) is 0 Å². The predicted octanol–water partition coefficient (Wildman–Crippen LogP) is 3.15.